The standard InChI is InChI=1S/C13H20FNO/c1-3-13(15-2)11-5-7-12(8-6-11)16-10-4-9-14/h5-8,13,15H,3-4,9-10H2,1-2H3. The van der Waals surface area contributed by atoms with E-state index in [1.807, 2.05) is 19.2 Å². The number of hydrogen-bond acceptors (Lipinski definition) is 2. The van der Waals surface area contributed by atoms with Crippen molar-refractivity contribution >= 4 is 0 Å². The van der Waals surface area contributed by atoms with Crippen molar-refractivity contribution < 1.29 is 9.13 Å². The second kappa shape index (κ2) is 7.23. The summed E-state index contributed by atoms with van der Waals surface area (Å²) in [6.07, 6.45) is 1.51. The third kappa shape index (κ3) is 3.81. The molecule has 90 valence electrons. The summed E-state index contributed by atoms with van der Waals surface area (Å²) >= 11 is 0. The summed E-state index contributed by atoms with van der Waals surface area (Å²) in [6, 6.07) is 8.37. The van der Waals surface area contributed by atoms with E-state index in [4.69, 9.17) is 4.74 Å². The zero-order valence-corrected chi connectivity index (χ0v) is 10.0. The average Bonchev–Trinajstić information content (AvgIpc) is 2.33. The third-order valence-corrected chi connectivity index (χ3v) is 2.59. The van der Waals surface area contributed by atoms with E-state index >= 15 is 0 Å². The zero-order chi connectivity index (χ0) is 11.8. The van der Waals surface area contributed by atoms with Gasteiger partial charge in [-0.25, -0.2) is 0 Å². The van der Waals surface area contributed by atoms with Crippen molar-refractivity contribution in [2.75, 3.05) is 20.3 Å². The second-order valence-corrected chi connectivity index (χ2v) is 3.71. The van der Waals surface area contributed by atoms with Gasteiger partial charge < -0.3 is 10.1 Å². The topological polar surface area (TPSA) is 21.3 Å². The Morgan fingerprint density at radius 1 is 1.31 bits per heavy atom. The number of halogens is 1. The number of alkyl halides is 1. The molecular formula is C13H20FNO. The van der Waals surface area contributed by atoms with Crippen molar-refractivity contribution in [1.29, 1.82) is 0 Å². The molecule has 0 aromatic heterocycles. The highest BCUT2D eigenvalue weighted by Crippen LogP contribution is 2.19. The smallest absolute Gasteiger partial charge is 0.119 e. The van der Waals surface area contributed by atoms with Crippen LogP contribution in [0.4, 0.5) is 4.39 Å². The van der Waals surface area contributed by atoms with Crippen LogP contribution in [0.2, 0.25) is 0 Å². The number of benzene rings is 1. The Bertz CT molecular complexity index is 282. The summed E-state index contributed by atoms with van der Waals surface area (Å²) in [4.78, 5) is 0. The quantitative estimate of drug-likeness (QED) is 0.720. The van der Waals surface area contributed by atoms with E-state index in [1.165, 1.54) is 5.56 Å². The fourth-order valence-electron chi connectivity index (χ4n) is 1.65. The van der Waals surface area contributed by atoms with Gasteiger partial charge in [-0.1, -0.05) is 19.1 Å². The first-order valence-corrected chi connectivity index (χ1v) is 5.77. The van der Waals surface area contributed by atoms with Gasteiger partial charge in [0.2, 0.25) is 0 Å². The normalized spacial score (nSPS) is 12.4. The highest BCUT2D eigenvalue weighted by Gasteiger charge is 2.05. The Kier molecular flexibility index (Phi) is 5.86. The molecule has 0 amide bonds. The van der Waals surface area contributed by atoms with Crippen LogP contribution in [0.5, 0.6) is 5.75 Å². The first-order chi connectivity index (χ1) is 7.81. The van der Waals surface area contributed by atoms with Crippen LogP contribution in [-0.4, -0.2) is 20.3 Å². The molecule has 16 heavy (non-hydrogen) atoms. The Labute approximate surface area is 96.8 Å². The van der Waals surface area contributed by atoms with Crippen LogP contribution in [0, 0.1) is 0 Å². The number of ether oxygens (including phenoxy) is 1. The van der Waals surface area contributed by atoms with Crippen molar-refractivity contribution in [1.82, 2.24) is 5.32 Å². The monoisotopic (exact) mass is 225 g/mol. The predicted octanol–water partition coefficient (Wildman–Crippen LogP) is 3.10. The van der Waals surface area contributed by atoms with Gasteiger partial charge in [0, 0.05) is 12.5 Å². The highest BCUT2D eigenvalue weighted by molar-refractivity contribution is 5.29. The van der Waals surface area contributed by atoms with Crippen molar-refractivity contribution in [3.63, 3.8) is 0 Å². The third-order valence-electron chi connectivity index (χ3n) is 2.59. The number of nitrogens with one attached hydrogen (secondary N) is 1. The molecule has 0 radical (unpaired) electrons. The van der Waals surface area contributed by atoms with Gasteiger partial charge in [-0.3, -0.25) is 4.39 Å². The Morgan fingerprint density at radius 2 is 2.00 bits per heavy atom. The van der Waals surface area contributed by atoms with Crippen molar-refractivity contribution in [2.45, 2.75) is 25.8 Å². The van der Waals surface area contributed by atoms with Gasteiger partial charge >= 0.3 is 0 Å². The van der Waals surface area contributed by atoms with E-state index in [1.54, 1.807) is 0 Å². The largest absolute Gasteiger partial charge is 0.494 e. The van der Waals surface area contributed by atoms with Gasteiger partial charge in [0.15, 0.2) is 0 Å². The van der Waals surface area contributed by atoms with Gasteiger partial charge in [-0.2, -0.15) is 0 Å². The van der Waals surface area contributed by atoms with Crippen LogP contribution < -0.4 is 10.1 Å². The molecule has 0 heterocycles. The summed E-state index contributed by atoms with van der Waals surface area (Å²) in [7, 11) is 1.96. The first kappa shape index (κ1) is 13.0. The minimum atomic E-state index is -0.324. The second-order valence-electron chi connectivity index (χ2n) is 3.71. The lowest BCUT2D eigenvalue weighted by atomic mass is 10.1. The maximum Gasteiger partial charge on any atom is 0.119 e. The van der Waals surface area contributed by atoms with Gasteiger partial charge in [0.05, 0.1) is 13.3 Å². The molecular weight excluding hydrogens is 205 g/mol. The van der Waals surface area contributed by atoms with E-state index < -0.39 is 0 Å². The fraction of sp³-hybridized carbons (Fsp3) is 0.538. The molecule has 0 aliphatic heterocycles. The van der Waals surface area contributed by atoms with E-state index in [-0.39, 0.29) is 6.67 Å². The van der Waals surface area contributed by atoms with Crippen LogP contribution in [0.1, 0.15) is 31.4 Å². The molecule has 1 aromatic carbocycles. The molecule has 3 heteroatoms. The molecule has 0 aliphatic rings. The molecule has 0 aliphatic carbocycles. The molecule has 0 spiro atoms. The van der Waals surface area contributed by atoms with Gasteiger partial charge in [-0.05, 0) is 31.2 Å². The Hall–Kier alpha value is -1.09. The van der Waals surface area contributed by atoms with E-state index in [0.29, 0.717) is 19.1 Å². The summed E-state index contributed by atoms with van der Waals surface area (Å²) in [5, 5.41) is 3.25. The van der Waals surface area contributed by atoms with Crippen LogP contribution in [0.25, 0.3) is 0 Å². The van der Waals surface area contributed by atoms with E-state index in [9.17, 15) is 4.39 Å². The average molecular weight is 225 g/mol. The predicted molar refractivity (Wildman–Crippen MR) is 64.6 cm³/mol. The first-order valence-electron chi connectivity index (χ1n) is 5.77. The van der Waals surface area contributed by atoms with Gasteiger partial charge in [0.1, 0.15) is 5.75 Å². The van der Waals surface area contributed by atoms with Crippen molar-refractivity contribution in [3.8, 4) is 5.75 Å². The lowest BCUT2D eigenvalue weighted by Crippen LogP contribution is -2.14. The molecule has 0 saturated heterocycles. The summed E-state index contributed by atoms with van der Waals surface area (Å²) in [6.45, 7) is 2.27. The minimum Gasteiger partial charge on any atom is -0.494 e. The van der Waals surface area contributed by atoms with Gasteiger partial charge in [-0.15, -0.1) is 0 Å². The van der Waals surface area contributed by atoms with Crippen molar-refractivity contribution in [3.05, 3.63) is 29.8 Å². The summed E-state index contributed by atoms with van der Waals surface area (Å²) < 4.78 is 17.3. The molecule has 1 atom stereocenters. The molecule has 0 bridgehead atoms. The molecule has 1 N–H and O–H groups in total. The lowest BCUT2D eigenvalue weighted by molar-refractivity contribution is 0.289. The van der Waals surface area contributed by atoms with E-state index in [0.717, 1.165) is 12.2 Å². The molecule has 1 unspecified atom stereocenters. The highest BCUT2D eigenvalue weighted by atomic mass is 19.1. The zero-order valence-electron chi connectivity index (χ0n) is 10.0. The van der Waals surface area contributed by atoms with Crippen LogP contribution >= 0.6 is 0 Å². The SMILES string of the molecule is CCC(NC)c1ccc(OCCCF)cc1. The molecule has 0 fully saturated rings. The van der Waals surface area contributed by atoms with Crippen molar-refractivity contribution in [2.24, 2.45) is 0 Å². The molecule has 0 saturated carbocycles. The van der Waals surface area contributed by atoms with Crippen LogP contribution in [0.3, 0.4) is 0 Å². The Balaban J connectivity index is 2.53. The maximum absolute atomic E-state index is 11.9. The number of rotatable bonds is 7. The maximum atomic E-state index is 11.9. The Morgan fingerprint density at radius 3 is 2.50 bits per heavy atom. The summed E-state index contributed by atoms with van der Waals surface area (Å²) in [5.41, 5.74) is 1.25. The number of hydrogen-bond donors (Lipinski definition) is 1. The molecule has 1 aromatic rings. The molecule has 1 rings (SSSR count). The van der Waals surface area contributed by atoms with Gasteiger partial charge in [0.25, 0.3) is 0 Å². The molecule has 2 nitrogen and oxygen atoms in total. The van der Waals surface area contributed by atoms with E-state index in [2.05, 4.69) is 24.4 Å². The lowest BCUT2D eigenvalue weighted by Gasteiger charge is -2.14. The minimum absolute atomic E-state index is 0.324. The summed E-state index contributed by atoms with van der Waals surface area (Å²) in [5.74, 6) is 0.808. The van der Waals surface area contributed by atoms with Crippen LogP contribution in [0.15, 0.2) is 24.3 Å². The fourth-order valence-corrected chi connectivity index (χ4v) is 1.65. The van der Waals surface area contributed by atoms with Crippen LogP contribution in [-0.2, 0) is 0 Å².